The molecule has 0 spiro atoms. The Labute approximate surface area is 161 Å². The van der Waals surface area contributed by atoms with Crippen molar-refractivity contribution in [2.24, 2.45) is 5.73 Å². The summed E-state index contributed by atoms with van der Waals surface area (Å²) in [6.07, 6.45) is 0. The predicted octanol–water partition coefficient (Wildman–Crippen LogP) is 3.11. The molecular formula is C21H18N4O3. The largest absolute Gasteiger partial charge is 0.504 e. The number of allylic oxidation sites excluding steroid dienone is 1. The number of fused-ring (bicyclic) bond motifs is 1. The Balaban J connectivity index is 1.96. The maximum Gasteiger partial charge on any atom is 0.229 e. The molecule has 1 aromatic heterocycles. The van der Waals surface area contributed by atoms with Crippen molar-refractivity contribution in [2.45, 2.75) is 12.8 Å². The van der Waals surface area contributed by atoms with Crippen LogP contribution in [0.3, 0.4) is 0 Å². The number of nitriles is 1. The molecule has 7 nitrogen and oxygen atoms in total. The van der Waals surface area contributed by atoms with Crippen molar-refractivity contribution < 1.29 is 14.6 Å². The molecule has 3 N–H and O–H groups in total. The monoisotopic (exact) mass is 374 g/mol. The molecule has 1 atom stereocenters. The maximum atomic E-state index is 9.94. The van der Waals surface area contributed by atoms with Crippen LogP contribution in [-0.4, -0.2) is 22.0 Å². The lowest BCUT2D eigenvalue weighted by atomic mass is 9.84. The smallest absolute Gasteiger partial charge is 0.229 e. The first-order valence-corrected chi connectivity index (χ1v) is 8.64. The van der Waals surface area contributed by atoms with Gasteiger partial charge in [0.05, 0.1) is 30.0 Å². The molecule has 2 heterocycles. The molecule has 0 aliphatic carbocycles. The summed E-state index contributed by atoms with van der Waals surface area (Å²) in [5, 5.41) is 24.3. The van der Waals surface area contributed by atoms with Crippen molar-refractivity contribution >= 4 is 0 Å². The summed E-state index contributed by atoms with van der Waals surface area (Å²) < 4.78 is 12.7. The fourth-order valence-electron chi connectivity index (χ4n) is 3.47. The molecule has 0 bridgehead atoms. The number of nitrogens with zero attached hydrogens (tertiary/aromatic N) is 3. The van der Waals surface area contributed by atoms with Gasteiger partial charge >= 0.3 is 0 Å². The molecule has 0 saturated heterocycles. The minimum Gasteiger partial charge on any atom is -0.504 e. The van der Waals surface area contributed by atoms with Crippen molar-refractivity contribution in [3.63, 3.8) is 0 Å². The molecule has 4 rings (SSSR count). The number of ether oxygens (including phenoxy) is 2. The molecule has 0 radical (unpaired) electrons. The number of hydrogen-bond acceptors (Lipinski definition) is 6. The van der Waals surface area contributed by atoms with Crippen LogP contribution in [0.25, 0.3) is 5.69 Å². The highest BCUT2D eigenvalue weighted by Gasteiger charge is 2.36. The van der Waals surface area contributed by atoms with E-state index < -0.39 is 5.92 Å². The van der Waals surface area contributed by atoms with E-state index in [1.54, 1.807) is 16.8 Å². The van der Waals surface area contributed by atoms with E-state index in [0.717, 1.165) is 22.5 Å². The average Bonchev–Trinajstić information content (AvgIpc) is 3.04. The Hall–Kier alpha value is -3.92. The van der Waals surface area contributed by atoms with E-state index in [2.05, 4.69) is 11.2 Å². The van der Waals surface area contributed by atoms with E-state index in [0.29, 0.717) is 11.6 Å². The van der Waals surface area contributed by atoms with Crippen LogP contribution < -0.4 is 15.2 Å². The third-order valence-electron chi connectivity index (χ3n) is 4.77. The average molecular weight is 374 g/mol. The molecule has 2 aromatic carbocycles. The van der Waals surface area contributed by atoms with Crippen LogP contribution >= 0.6 is 0 Å². The second-order valence-corrected chi connectivity index (χ2v) is 6.41. The number of hydrogen-bond donors (Lipinski definition) is 2. The molecule has 0 fully saturated rings. The number of aryl methyl sites for hydroxylation is 1. The zero-order valence-corrected chi connectivity index (χ0v) is 15.4. The first-order valence-electron chi connectivity index (χ1n) is 8.64. The van der Waals surface area contributed by atoms with E-state index in [1.807, 2.05) is 37.3 Å². The highest BCUT2D eigenvalue weighted by atomic mass is 16.5. The topological polar surface area (TPSA) is 106 Å². The number of benzene rings is 2. The molecule has 28 heavy (non-hydrogen) atoms. The lowest BCUT2D eigenvalue weighted by Gasteiger charge is -2.25. The second kappa shape index (κ2) is 6.67. The summed E-state index contributed by atoms with van der Waals surface area (Å²) in [6, 6.07) is 16.7. The summed E-state index contributed by atoms with van der Waals surface area (Å²) in [7, 11) is 1.47. The molecular weight excluding hydrogens is 356 g/mol. The van der Waals surface area contributed by atoms with Gasteiger partial charge in [-0.3, -0.25) is 0 Å². The number of rotatable bonds is 3. The van der Waals surface area contributed by atoms with E-state index in [-0.39, 0.29) is 17.2 Å². The lowest BCUT2D eigenvalue weighted by molar-refractivity contribution is 0.365. The Bertz CT molecular complexity index is 1130. The normalized spacial score (nSPS) is 15.5. The highest BCUT2D eigenvalue weighted by molar-refractivity contribution is 5.58. The molecule has 7 heteroatoms. The number of methoxy groups -OCH3 is 1. The van der Waals surface area contributed by atoms with Gasteiger partial charge in [-0.1, -0.05) is 24.3 Å². The minimum atomic E-state index is -0.485. The Morgan fingerprint density at radius 2 is 2.00 bits per heavy atom. The third kappa shape index (κ3) is 2.63. The molecule has 0 saturated carbocycles. The van der Waals surface area contributed by atoms with Crippen LogP contribution in [0.4, 0.5) is 0 Å². The van der Waals surface area contributed by atoms with Gasteiger partial charge < -0.3 is 20.3 Å². The van der Waals surface area contributed by atoms with Crippen LogP contribution in [0.2, 0.25) is 0 Å². The van der Waals surface area contributed by atoms with Crippen molar-refractivity contribution in [2.75, 3.05) is 7.11 Å². The fourth-order valence-corrected chi connectivity index (χ4v) is 3.47. The SMILES string of the molecule is COc1cc([C@H]2C(C#N)=C(N)Oc3c2c(C)nn3-c2ccccc2)ccc1O. The number of phenols is 1. The minimum absolute atomic E-state index is 0.0192. The molecule has 0 unspecified atom stereocenters. The van der Waals surface area contributed by atoms with Gasteiger partial charge in [0.25, 0.3) is 0 Å². The van der Waals surface area contributed by atoms with Crippen molar-refractivity contribution in [1.82, 2.24) is 9.78 Å². The molecule has 0 amide bonds. The van der Waals surface area contributed by atoms with Crippen LogP contribution in [0.1, 0.15) is 22.7 Å². The maximum absolute atomic E-state index is 9.94. The van der Waals surface area contributed by atoms with Crippen LogP contribution in [0.5, 0.6) is 17.4 Å². The number of aromatic nitrogens is 2. The Morgan fingerprint density at radius 1 is 1.25 bits per heavy atom. The third-order valence-corrected chi connectivity index (χ3v) is 4.77. The first kappa shape index (κ1) is 17.5. The summed E-state index contributed by atoms with van der Waals surface area (Å²) in [5.74, 6) is 0.349. The number of para-hydroxylation sites is 1. The standard InChI is InChI=1S/C21H18N4O3/c1-12-18-19(13-8-9-16(26)17(10-13)27-2)15(11-22)20(23)28-21(18)25(24-12)14-6-4-3-5-7-14/h3-10,19,26H,23H2,1-2H3/t19-/m0/s1. The van der Waals surface area contributed by atoms with Gasteiger partial charge in [0, 0.05) is 0 Å². The van der Waals surface area contributed by atoms with Gasteiger partial charge in [-0.2, -0.15) is 10.4 Å². The molecule has 140 valence electrons. The van der Waals surface area contributed by atoms with Gasteiger partial charge in [-0.05, 0) is 36.8 Å². The zero-order chi connectivity index (χ0) is 19.8. The summed E-state index contributed by atoms with van der Waals surface area (Å²) >= 11 is 0. The van der Waals surface area contributed by atoms with Gasteiger partial charge in [0.1, 0.15) is 11.6 Å². The summed E-state index contributed by atoms with van der Waals surface area (Å²) in [5.41, 5.74) is 9.43. The zero-order valence-electron chi connectivity index (χ0n) is 15.4. The van der Waals surface area contributed by atoms with Crippen molar-refractivity contribution in [3.8, 4) is 29.1 Å². The van der Waals surface area contributed by atoms with E-state index in [9.17, 15) is 10.4 Å². The molecule has 3 aromatic rings. The fraction of sp³-hybridized carbons (Fsp3) is 0.143. The van der Waals surface area contributed by atoms with E-state index in [4.69, 9.17) is 15.2 Å². The highest BCUT2D eigenvalue weighted by Crippen LogP contribution is 2.45. The van der Waals surface area contributed by atoms with Crippen molar-refractivity contribution in [3.05, 3.63) is 76.8 Å². The van der Waals surface area contributed by atoms with Crippen molar-refractivity contribution in [1.29, 1.82) is 5.26 Å². The van der Waals surface area contributed by atoms with Crippen LogP contribution in [0, 0.1) is 18.3 Å². The second-order valence-electron chi connectivity index (χ2n) is 6.41. The number of aromatic hydroxyl groups is 1. The molecule has 1 aliphatic heterocycles. The van der Waals surface area contributed by atoms with Gasteiger partial charge in [-0.15, -0.1) is 0 Å². The number of nitrogens with two attached hydrogens (primary N) is 1. The summed E-state index contributed by atoms with van der Waals surface area (Å²) in [4.78, 5) is 0. The van der Waals surface area contributed by atoms with Gasteiger partial charge in [0.15, 0.2) is 11.5 Å². The van der Waals surface area contributed by atoms with Crippen LogP contribution in [-0.2, 0) is 0 Å². The number of phenolic OH excluding ortho intramolecular Hbond substituents is 1. The first-order chi connectivity index (χ1) is 13.5. The lowest BCUT2D eigenvalue weighted by Crippen LogP contribution is -2.22. The summed E-state index contributed by atoms with van der Waals surface area (Å²) in [6.45, 7) is 1.86. The van der Waals surface area contributed by atoms with E-state index >= 15 is 0 Å². The Morgan fingerprint density at radius 3 is 2.68 bits per heavy atom. The van der Waals surface area contributed by atoms with Gasteiger partial charge in [0.2, 0.25) is 11.8 Å². The van der Waals surface area contributed by atoms with Crippen LogP contribution in [0.15, 0.2) is 60.0 Å². The quantitative estimate of drug-likeness (QED) is 0.730. The predicted molar refractivity (Wildman–Crippen MR) is 102 cm³/mol. The van der Waals surface area contributed by atoms with Gasteiger partial charge in [-0.25, -0.2) is 4.68 Å². The van der Waals surface area contributed by atoms with E-state index in [1.165, 1.54) is 13.2 Å². The molecule has 1 aliphatic rings. The Kier molecular flexibility index (Phi) is 4.17.